The molecule has 1 atom stereocenters. The highest BCUT2D eigenvalue weighted by Crippen LogP contribution is 2.23. The van der Waals surface area contributed by atoms with Gasteiger partial charge in [-0.15, -0.1) is 0 Å². The van der Waals surface area contributed by atoms with Crippen LogP contribution in [0.1, 0.15) is 22.2 Å². The highest BCUT2D eigenvalue weighted by molar-refractivity contribution is 5.92. The molecule has 0 saturated carbocycles. The summed E-state index contributed by atoms with van der Waals surface area (Å²) in [6.07, 6.45) is 1.65. The molecule has 1 aromatic heterocycles. The number of amides is 1. The monoisotopic (exact) mass is 288 g/mol. The number of benzene rings is 1. The van der Waals surface area contributed by atoms with Crippen molar-refractivity contribution in [3.05, 3.63) is 59.7 Å². The second-order valence-electron chi connectivity index (χ2n) is 5.17. The van der Waals surface area contributed by atoms with Gasteiger partial charge in [-0.25, -0.2) is 4.39 Å². The number of aryl methyl sites for hydroxylation is 1. The van der Waals surface area contributed by atoms with Crippen LogP contribution in [-0.4, -0.2) is 35.1 Å². The lowest BCUT2D eigenvalue weighted by atomic mass is 10.1. The van der Waals surface area contributed by atoms with E-state index < -0.39 is 0 Å². The van der Waals surface area contributed by atoms with Gasteiger partial charge in [0.1, 0.15) is 17.6 Å². The second kappa shape index (κ2) is 5.69. The molecule has 0 radical (unpaired) electrons. The van der Waals surface area contributed by atoms with Gasteiger partial charge in [-0.05, 0) is 29.8 Å². The minimum atomic E-state index is -0.272. The number of morpholine rings is 1. The summed E-state index contributed by atoms with van der Waals surface area (Å²) < 4.78 is 20.5. The zero-order valence-electron chi connectivity index (χ0n) is 11.8. The largest absolute Gasteiger partial charge is 0.370 e. The minimum Gasteiger partial charge on any atom is -0.370 e. The zero-order valence-corrected chi connectivity index (χ0v) is 11.8. The third-order valence-corrected chi connectivity index (χ3v) is 3.76. The van der Waals surface area contributed by atoms with Gasteiger partial charge >= 0.3 is 0 Å². The summed E-state index contributed by atoms with van der Waals surface area (Å²) in [6.45, 7) is 1.54. The summed E-state index contributed by atoms with van der Waals surface area (Å²) in [4.78, 5) is 14.3. The topological polar surface area (TPSA) is 34.5 Å². The van der Waals surface area contributed by atoms with Crippen LogP contribution in [0.15, 0.2) is 42.6 Å². The molecule has 2 heterocycles. The van der Waals surface area contributed by atoms with E-state index in [9.17, 15) is 9.18 Å². The average Bonchev–Trinajstić information content (AvgIpc) is 2.93. The fourth-order valence-corrected chi connectivity index (χ4v) is 2.56. The van der Waals surface area contributed by atoms with Crippen molar-refractivity contribution in [2.24, 2.45) is 7.05 Å². The van der Waals surface area contributed by atoms with Gasteiger partial charge in [0.05, 0.1) is 13.2 Å². The quantitative estimate of drug-likeness (QED) is 0.850. The van der Waals surface area contributed by atoms with Gasteiger partial charge in [-0.2, -0.15) is 0 Å². The van der Waals surface area contributed by atoms with Crippen molar-refractivity contribution in [2.75, 3.05) is 19.7 Å². The molecule has 3 rings (SSSR count). The third kappa shape index (κ3) is 2.83. The standard InChI is InChI=1S/C16H17FN2O2/c1-18-8-2-3-14(18)16(20)19-9-10-21-15(11-19)12-4-6-13(17)7-5-12/h2-8,15H,9-11H2,1H3. The van der Waals surface area contributed by atoms with Crippen LogP contribution >= 0.6 is 0 Å². The molecule has 0 aliphatic carbocycles. The number of nitrogens with zero attached hydrogens (tertiary/aromatic N) is 2. The number of hydrogen-bond acceptors (Lipinski definition) is 2. The number of halogens is 1. The lowest BCUT2D eigenvalue weighted by Gasteiger charge is -2.33. The summed E-state index contributed by atoms with van der Waals surface area (Å²) >= 11 is 0. The first-order valence-electron chi connectivity index (χ1n) is 6.93. The van der Waals surface area contributed by atoms with Crippen LogP contribution in [0.2, 0.25) is 0 Å². The maximum Gasteiger partial charge on any atom is 0.270 e. The van der Waals surface area contributed by atoms with Gasteiger partial charge in [0.15, 0.2) is 0 Å². The third-order valence-electron chi connectivity index (χ3n) is 3.76. The molecule has 1 fully saturated rings. The van der Waals surface area contributed by atoms with Crippen LogP contribution in [0.5, 0.6) is 0 Å². The SMILES string of the molecule is Cn1cccc1C(=O)N1CCOC(c2ccc(F)cc2)C1. The molecule has 1 aliphatic rings. The van der Waals surface area contributed by atoms with E-state index in [1.165, 1.54) is 12.1 Å². The van der Waals surface area contributed by atoms with E-state index in [1.54, 1.807) is 17.0 Å². The fraction of sp³-hybridized carbons (Fsp3) is 0.312. The normalized spacial score (nSPS) is 18.8. The summed E-state index contributed by atoms with van der Waals surface area (Å²) in [5.41, 5.74) is 1.55. The first kappa shape index (κ1) is 13.8. The molecule has 0 bridgehead atoms. The average molecular weight is 288 g/mol. The summed E-state index contributed by atoms with van der Waals surface area (Å²) in [5, 5.41) is 0. The number of carbonyl (C=O) groups is 1. The zero-order chi connectivity index (χ0) is 14.8. The van der Waals surface area contributed by atoms with E-state index in [0.29, 0.717) is 25.4 Å². The maximum atomic E-state index is 13.0. The van der Waals surface area contributed by atoms with Crippen LogP contribution in [0.25, 0.3) is 0 Å². The molecule has 5 heteroatoms. The van der Waals surface area contributed by atoms with Gasteiger partial charge in [0, 0.05) is 19.8 Å². The molecule has 1 amide bonds. The van der Waals surface area contributed by atoms with E-state index >= 15 is 0 Å². The number of aromatic nitrogens is 1. The van der Waals surface area contributed by atoms with Crippen LogP contribution in [-0.2, 0) is 11.8 Å². The number of rotatable bonds is 2. The predicted molar refractivity (Wildman–Crippen MR) is 76.4 cm³/mol. The van der Waals surface area contributed by atoms with Gasteiger partial charge in [0.25, 0.3) is 5.91 Å². The van der Waals surface area contributed by atoms with E-state index in [4.69, 9.17) is 4.74 Å². The summed E-state index contributed by atoms with van der Waals surface area (Å²) in [6, 6.07) is 9.90. The van der Waals surface area contributed by atoms with Crippen molar-refractivity contribution in [2.45, 2.75) is 6.10 Å². The Kier molecular flexibility index (Phi) is 3.75. The van der Waals surface area contributed by atoms with Gasteiger partial charge in [-0.3, -0.25) is 4.79 Å². The lowest BCUT2D eigenvalue weighted by Crippen LogP contribution is -2.42. The van der Waals surface area contributed by atoms with Crippen molar-refractivity contribution in [3.63, 3.8) is 0 Å². The predicted octanol–water partition coefficient (Wildman–Crippen LogP) is 2.38. The van der Waals surface area contributed by atoms with Crippen molar-refractivity contribution in [1.29, 1.82) is 0 Å². The molecular formula is C16H17FN2O2. The molecule has 110 valence electrons. The Labute approximate surface area is 122 Å². The van der Waals surface area contributed by atoms with E-state index in [1.807, 2.05) is 29.9 Å². The summed E-state index contributed by atoms with van der Waals surface area (Å²) in [5.74, 6) is -0.274. The van der Waals surface area contributed by atoms with Gasteiger partial charge < -0.3 is 14.2 Å². The Hall–Kier alpha value is -2.14. The van der Waals surface area contributed by atoms with Crippen molar-refractivity contribution in [3.8, 4) is 0 Å². The van der Waals surface area contributed by atoms with Gasteiger partial charge in [0.2, 0.25) is 0 Å². The van der Waals surface area contributed by atoms with Crippen molar-refractivity contribution < 1.29 is 13.9 Å². The molecule has 21 heavy (non-hydrogen) atoms. The van der Waals surface area contributed by atoms with Crippen LogP contribution < -0.4 is 0 Å². The van der Waals surface area contributed by atoms with E-state index in [0.717, 1.165) is 5.56 Å². The first-order valence-corrected chi connectivity index (χ1v) is 6.93. The Morgan fingerprint density at radius 1 is 1.29 bits per heavy atom. The van der Waals surface area contributed by atoms with E-state index in [-0.39, 0.29) is 17.8 Å². The molecule has 1 aliphatic heterocycles. The Balaban J connectivity index is 1.75. The number of carbonyl (C=O) groups excluding carboxylic acids is 1. The number of ether oxygens (including phenoxy) is 1. The highest BCUT2D eigenvalue weighted by atomic mass is 19.1. The maximum absolute atomic E-state index is 13.0. The van der Waals surface area contributed by atoms with Crippen LogP contribution in [0.4, 0.5) is 4.39 Å². The molecule has 1 unspecified atom stereocenters. The lowest BCUT2D eigenvalue weighted by molar-refractivity contribution is -0.0231. The van der Waals surface area contributed by atoms with Crippen molar-refractivity contribution >= 4 is 5.91 Å². The second-order valence-corrected chi connectivity index (χ2v) is 5.17. The first-order chi connectivity index (χ1) is 10.1. The molecule has 1 aromatic carbocycles. The molecule has 0 N–H and O–H groups in total. The Morgan fingerprint density at radius 2 is 2.05 bits per heavy atom. The fourth-order valence-electron chi connectivity index (χ4n) is 2.56. The minimum absolute atomic E-state index is 0.00193. The summed E-state index contributed by atoms with van der Waals surface area (Å²) in [7, 11) is 1.85. The van der Waals surface area contributed by atoms with Crippen LogP contribution in [0, 0.1) is 5.82 Å². The van der Waals surface area contributed by atoms with Crippen molar-refractivity contribution in [1.82, 2.24) is 9.47 Å². The van der Waals surface area contributed by atoms with E-state index in [2.05, 4.69) is 0 Å². The Morgan fingerprint density at radius 3 is 2.71 bits per heavy atom. The van der Waals surface area contributed by atoms with Gasteiger partial charge in [-0.1, -0.05) is 12.1 Å². The molecule has 2 aromatic rings. The molecular weight excluding hydrogens is 271 g/mol. The molecule has 0 spiro atoms. The Bertz CT molecular complexity index is 636. The smallest absolute Gasteiger partial charge is 0.270 e. The highest BCUT2D eigenvalue weighted by Gasteiger charge is 2.27. The van der Waals surface area contributed by atoms with Crippen LogP contribution in [0.3, 0.4) is 0 Å². The molecule has 1 saturated heterocycles. The number of hydrogen-bond donors (Lipinski definition) is 0. The molecule has 4 nitrogen and oxygen atoms in total.